The van der Waals surface area contributed by atoms with Crippen molar-refractivity contribution in [2.24, 2.45) is 5.92 Å². The highest BCUT2D eigenvalue weighted by Gasteiger charge is 2.33. The summed E-state index contributed by atoms with van der Waals surface area (Å²) in [6, 6.07) is 3.14. The van der Waals surface area contributed by atoms with Gasteiger partial charge in [-0.2, -0.15) is 0 Å². The molecule has 1 saturated heterocycles. The highest BCUT2D eigenvalue weighted by molar-refractivity contribution is 9.10. The van der Waals surface area contributed by atoms with Crippen LogP contribution in [0.3, 0.4) is 0 Å². The summed E-state index contributed by atoms with van der Waals surface area (Å²) < 4.78 is 11.4. The fourth-order valence-corrected chi connectivity index (χ4v) is 3.32. The van der Waals surface area contributed by atoms with Gasteiger partial charge in [-0.1, -0.05) is 11.6 Å². The summed E-state index contributed by atoms with van der Waals surface area (Å²) in [5.74, 6) is -1.96. The lowest BCUT2D eigenvalue weighted by Gasteiger charge is -2.40. The number of nitrogens with one attached hydrogen (secondary N) is 1. The molecule has 1 aliphatic rings. The van der Waals surface area contributed by atoms with Crippen LogP contribution in [0.4, 0.5) is 10.5 Å². The van der Waals surface area contributed by atoms with Crippen molar-refractivity contribution in [3.05, 3.63) is 21.6 Å². The van der Waals surface area contributed by atoms with Crippen LogP contribution in [-0.4, -0.2) is 64.5 Å². The number of hydrogen-bond acceptors (Lipinski definition) is 6. The van der Waals surface area contributed by atoms with E-state index in [1.807, 2.05) is 20.8 Å². The minimum Gasteiger partial charge on any atom is -0.481 e. The Morgan fingerprint density at radius 1 is 1.29 bits per heavy atom. The molecule has 1 atom stereocenters. The van der Waals surface area contributed by atoms with Crippen LogP contribution in [0.5, 0.6) is 5.75 Å². The third-order valence-electron chi connectivity index (χ3n) is 4.38. The van der Waals surface area contributed by atoms with Gasteiger partial charge in [-0.25, -0.2) is 9.59 Å². The van der Waals surface area contributed by atoms with Gasteiger partial charge in [0, 0.05) is 42.9 Å². The Morgan fingerprint density at radius 3 is 2.48 bits per heavy atom. The number of benzene rings is 1. The maximum absolute atomic E-state index is 12.0. The molecule has 11 heteroatoms. The number of hydrogen-bond donors (Lipinski definition) is 3. The molecule has 1 heterocycles. The molecule has 0 bridgehead atoms. The van der Waals surface area contributed by atoms with E-state index in [9.17, 15) is 19.5 Å². The SMILES string of the molecule is CC(C)(C)OC(=O)N1CC(CNc2cc(Cl)c(Br)cc2OC(CCC(=O)O)C(=O)O)C1. The number of aliphatic carboxylic acids is 2. The molecule has 0 saturated carbocycles. The second kappa shape index (κ2) is 10.4. The van der Waals surface area contributed by atoms with Gasteiger partial charge in [-0.05, 0) is 48.8 Å². The number of amides is 1. The summed E-state index contributed by atoms with van der Waals surface area (Å²) in [6.45, 7) is 6.98. The van der Waals surface area contributed by atoms with E-state index in [1.54, 1.807) is 11.0 Å². The first-order chi connectivity index (χ1) is 14.4. The fourth-order valence-electron chi connectivity index (χ4n) is 2.83. The van der Waals surface area contributed by atoms with E-state index in [0.717, 1.165) is 0 Å². The average molecular weight is 522 g/mol. The minimum absolute atomic E-state index is 0.171. The zero-order valence-electron chi connectivity index (χ0n) is 17.5. The molecule has 9 nitrogen and oxygen atoms in total. The van der Waals surface area contributed by atoms with Gasteiger partial charge >= 0.3 is 18.0 Å². The van der Waals surface area contributed by atoms with Crippen LogP contribution in [0.15, 0.2) is 16.6 Å². The summed E-state index contributed by atoms with van der Waals surface area (Å²) in [7, 11) is 0. The molecule has 1 aromatic carbocycles. The van der Waals surface area contributed by atoms with Crippen molar-refractivity contribution in [3.63, 3.8) is 0 Å². The van der Waals surface area contributed by atoms with Gasteiger partial charge in [0.15, 0.2) is 6.10 Å². The summed E-state index contributed by atoms with van der Waals surface area (Å²) in [4.78, 5) is 35.9. The largest absolute Gasteiger partial charge is 0.481 e. The standard InChI is InChI=1S/C20H26BrClN2O7/c1-20(2,3)31-19(29)24-9-11(10-24)8-23-14-7-13(22)12(21)6-16(14)30-15(18(27)28)4-5-17(25)26/h6-7,11,15,23H,4-5,8-10H2,1-3H3,(H,25,26)(H,27,28). The molecule has 0 aromatic heterocycles. The van der Waals surface area contributed by atoms with E-state index in [4.69, 9.17) is 26.2 Å². The van der Waals surface area contributed by atoms with E-state index in [2.05, 4.69) is 21.2 Å². The second-order valence-corrected chi connectivity index (χ2v) is 9.53. The topological polar surface area (TPSA) is 125 Å². The zero-order chi connectivity index (χ0) is 23.3. The molecular formula is C20H26BrClN2O7. The molecule has 3 N–H and O–H groups in total. The molecule has 0 aliphatic carbocycles. The fraction of sp³-hybridized carbons (Fsp3) is 0.550. The molecule has 0 radical (unpaired) electrons. The molecule has 1 aromatic rings. The van der Waals surface area contributed by atoms with Gasteiger partial charge in [0.05, 0.1) is 10.7 Å². The van der Waals surface area contributed by atoms with Crippen molar-refractivity contribution in [1.29, 1.82) is 0 Å². The van der Waals surface area contributed by atoms with Crippen LogP contribution in [0.25, 0.3) is 0 Å². The van der Waals surface area contributed by atoms with Crippen molar-refractivity contribution in [3.8, 4) is 5.75 Å². The van der Waals surface area contributed by atoms with Crippen LogP contribution in [0.1, 0.15) is 33.6 Å². The lowest BCUT2D eigenvalue weighted by molar-refractivity contribution is -0.146. The Hall–Kier alpha value is -2.20. The summed E-state index contributed by atoms with van der Waals surface area (Å²) in [6.07, 6.45) is -2.20. The number of rotatable bonds is 9. The molecule has 172 valence electrons. The molecule has 1 aliphatic heterocycles. The van der Waals surface area contributed by atoms with Gasteiger partial charge in [-0.3, -0.25) is 4.79 Å². The van der Waals surface area contributed by atoms with Gasteiger partial charge in [0.1, 0.15) is 11.4 Å². The number of anilines is 1. The number of carboxylic acids is 2. The van der Waals surface area contributed by atoms with Crippen LogP contribution in [-0.2, 0) is 14.3 Å². The molecule has 31 heavy (non-hydrogen) atoms. The average Bonchev–Trinajstić information content (AvgIpc) is 2.58. The van der Waals surface area contributed by atoms with Crippen molar-refractivity contribution in [2.45, 2.75) is 45.3 Å². The van der Waals surface area contributed by atoms with E-state index < -0.39 is 23.6 Å². The Balaban J connectivity index is 2.00. The second-order valence-electron chi connectivity index (χ2n) is 8.27. The smallest absolute Gasteiger partial charge is 0.410 e. The van der Waals surface area contributed by atoms with Crippen molar-refractivity contribution in [1.82, 2.24) is 4.90 Å². The summed E-state index contributed by atoms with van der Waals surface area (Å²) in [5, 5.41) is 21.8. The predicted octanol–water partition coefficient (Wildman–Crippen LogP) is 4.08. The van der Waals surface area contributed by atoms with Crippen molar-refractivity contribution in [2.75, 3.05) is 25.0 Å². The van der Waals surface area contributed by atoms with Gasteiger partial charge in [0.25, 0.3) is 0 Å². The van der Waals surface area contributed by atoms with Crippen molar-refractivity contribution < 1.29 is 34.1 Å². The number of halogens is 2. The minimum atomic E-state index is -1.32. The van der Waals surface area contributed by atoms with Crippen LogP contribution in [0, 0.1) is 5.92 Å². The normalized spacial score (nSPS) is 15.1. The first kappa shape index (κ1) is 25.1. The third kappa shape index (κ3) is 7.77. The van der Waals surface area contributed by atoms with Crippen LogP contribution < -0.4 is 10.1 Å². The Labute approximate surface area is 193 Å². The lowest BCUT2D eigenvalue weighted by atomic mass is 10.0. The first-order valence-corrected chi connectivity index (χ1v) is 10.8. The lowest BCUT2D eigenvalue weighted by Crippen LogP contribution is -2.53. The maximum Gasteiger partial charge on any atom is 0.410 e. The van der Waals surface area contributed by atoms with E-state index in [1.165, 1.54) is 6.07 Å². The number of carboxylic acid groups (broad SMARTS) is 2. The number of carbonyl (C=O) groups excluding carboxylic acids is 1. The highest BCUT2D eigenvalue weighted by Crippen LogP contribution is 2.36. The predicted molar refractivity (Wildman–Crippen MR) is 118 cm³/mol. The molecular weight excluding hydrogens is 496 g/mol. The van der Waals surface area contributed by atoms with E-state index in [0.29, 0.717) is 34.8 Å². The Bertz CT molecular complexity index is 838. The molecule has 1 amide bonds. The number of ether oxygens (including phenoxy) is 2. The molecule has 2 rings (SSSR count). The summed E-state index contributed by atoms with van der Waals surface area (Å²) in [5.41, 5.74) is -0.0761. The number of likely N-dealkylation sites (tertiary alicyclic amines) is 1. The molecule has 0 spiro atoms. The van der Waals surface area contributed by atoms with E-state index in [-0.39, 0.29) is 30.6 Å². The van der Waals surface area contributed by atoms with Crippen molar-refractivity contribution >= 4 is 51.3 Å². The third-order valence-corrected chi connectivity index (χ3v) is 5.57. The summed E-state index contributed by atoms with van der Waals surface area (Å²) >= 11 is 9.45. The van der Waals surface area contributed by atoms with E-state index >= 15 is 0 Å². The Kier molecular flexibility index (Phi) is 8.41. The molecule has 1 fully saturated rings. The quantitative estimate of drug-likeness (QED) is 0.444. The van der Waals surface area contributed by atoms with Gasteiger partial charge in [0.2, 0.25) is 0 Å². The zero-order valence-corrected chi connectivity index (χ0v) is 19.8. The maximum atomic E-state index is 12.0. The number of nitrogens with zero attached hydrogens (tertiary/aromatic N) is 1. The van der Waals surface area contributed by atoms with Crippen LogP contribution >= 0.6 is 27.5 Å². The van der Waals surface area contributed by atoms with Crippen LogP contribution in [0.2, 0.25) is 5.02 Å². The monoisotopic (exact) mass is 520 g/mol. The number of carbonyl (C=O) groups is 3. The Morgan fingerprint density at radius 2 is 1.94 bits per heavy atom. The molecule has 1 unspecified atom stereocenters. The van der Waals surface area contributed by atoms with Gasteiger partial charge in [-0.15, -0.1) is 0 Å². The first-order valence-electron chi connectivity index (χ1n) is 9.68. The highest BCUT2D eigenvalue weighted by atomic mass is 79.9. The van der Waals surface area contributed by atoms with Gasteiger partial charge < -0.3 is 29.9 Å².